The molecule has 114 valence electrons. The molecule has 3 rings (SSSR count). The fourth-order valence-corrected chi connectivity index (χ4v) is 4.15. The van der Waals surface area contributed by atoms with Crippen LogP contribution in [0.2, 0.25) is 0 Å². The van der Waals surface area contributed by atoms with Gasteiger partial charge in [0.15, 0.2) is 15.5 Å². The second-order valence-electron chi connectivity index (χ2n) is 5.16. The lowest BCUT2D eigenvalue weighted by atomic mass is 10.2. The average molecular weight is 310 g/mol. The van der Waals surface area contributed by atoms with Crippen LogP contribution in [0, 0.1) is 0 Å². The van der Waals surface area contributed by atoms with Crippen molar-refractivity contribution in [1.82, 2.24) is 20.2 Å². The Morgan fingerprint density at radius 1 is 1.43 bits per heavy atom. The smallest absolute Gasteiger partial charge is 0.226 e. The van der Waals surface area contributed by atoms with Crippen molar-refractivity contribution in [2.45, 2.75) is 25.8 Å². The van der Waals surface area contributed by atoms with Crippen LogP contribution in [0.25, 0.3) is 11.0 Å². The number of sulfone groups is 1. The summed E-state index contributed by atoms with van der Waals surface area (Å²) in [5, 5.41) is 13.8. The third-order valence-electron chi connectivity index (χ3n) is 3.45. The molecule has 3 N–H and O–H groups in total. The van der Waals surface area contributed by atoms with Crippen molar-refractivity contribution in [3.8, 4) is 0 Å². The Morgan fingerprint density at radius 3 is 3.05 bits per heavy atom. The molecule has 1 fully saturated rings. The molecular formula is C12H18N6O2S. The van der Waals surface area contributed by atoms with E-state index in [2.05, 4.69) is 30.8 Å². The molecule has 1 aliphatic rings. The molecule has 0 aliphatic carbocycles. The Hall–Kier alpha value is -1.90. The van der Waals surface area contributed by atoms with Crippen LogP contribution in [0.15, 0.2) is 6.20 Å². The molecule has 0 spiro atoms. The van der Waals surface area contributed by atoms with Crippen LogP contribution in [0.5, 0.6) is 0 Å². The van der Waals surface area contributed by atoms with Crippen LogP contribution in [0.1, 0.15) is 19.8 Å². The largest absolute Gasteiger partial charge is 0.366 e. The molecular weight excluding hydrogens is 292 g/mol. The first-order chi connectivity index (χ1) is 10.1. The molecule has 0 aromatic carbocycles. The maximum Gasteiger partial charge on any atom is 0.226 e. The summed E-state index contributed by atoms with van der Waals surface area (Å²) in [6.45, 7) is 2.66. The van der Waals surface area contributed by atoms with E-state index in [9.17, 15) is 8.42 Å². The summed E-state index contributed by atoms with van der Waals surface area (Å²) in [5.74, 6) is 1.54. The Morgan fingerprint density at radius 2 is 2.29 bits per heavy atom. The van der Waals surface area contributed by atoms with E-state index >= 15 is 0 Å². The standard InChI is InChI=1S/C12H18N6O2S/c1-2-13-12-16-10(9-6-14-18-11(9)17-12)15-8-4-3-5-21(19,20)7-8/h6,8H,2-5,7H2,1H3,(H3,13,14,15,16,17,18). The number of hydrogen-bond acceptors (Lipinski definition) is 7. The molecule has 3 heterocycles. The highest BCUT2D eigenvalue weighted by Crippen LogP contribution is 2.23. The number of hydrogen-bond donors (Lipinski definition) is 3. The lowest BCUT2D eigenvalue weighted by Crippen LogP contribution is -2.35. The summed E-state index contributed by atoms with van der Waals surface area (Å²) >= 11 is 0. The van der Waals surface area contributed by atoms with Crippen LogP contribution in [-0.4, -0.2) is 52.7 Å². The van der Waals surface area contributed by atoms with Gasteiger partial charge in [-0.3, -0.25) is 5.10 Å². The van der Waals surface area contributed by atoms with Crippen LogP contribution in [0.3, 0.4) is 0 Å². The number of nitrogens with one attached hydrogen (secondary N) is 3. The minimum atomic E-state index is -2.96. The van der Waals surface area contributed by atoms with Crippen molar-refractivity contribution in [2.24, 2.45) is 0 Å². The van der Waals surface area contributed by atoms with E-state index in [0.29, 0.717) is 30.4 Å². The van der Waals surface area contributed by atoms with E-state index in [0.717, 1.165) is 11.8 Å². The molecule has 9 heteroatoms. The van der Waals surface area contributed by atoms with Gasteiger partial charge in [0.25, 0.3) is 0 Å². The molecule has 1 atom stereocenters. The van der Waals surface area contributed by atoms with Crippen LogP contribution in [0.4, 0.5) is 11.8 Å². The summed E-state index contributed by atoms with van der Waals surface area (Å²) in [5.41, 5.74) is 0.627. The maximum atomic E-state index is 11.7. The van der Waals surface area contributed by atoms with Gasteiger partial charge in [0.05, 0.1) is 23.1 Å². The zero-order valence-electron chi connectivity index (χ0n) is 11.8. The van der Waals surface area contributed by atoms with Crippen molar-refractivity contribution in [1.29, 1.82) is 0 Å². The quantitative estimate of drug-likeness (QED) is 0.764. The molecule has 21 heavy (non-hydrogen) atoms. The molecule has 0 bridgehead atoms. The van der Waals surface area contributed by atoms with Gasteiger partial charge in [0, 0.05) is 12.6 Å². The Kier molecular flexibility index (Phi) is 3.66. The molecule has 0 saturated carbocycles. The molecule has 0 radical (unpaired) electrons. The number of aromatic nitrogens is 4. The van der Waals surface area contributed by atoms with Gasteiger partial charge >= 0.3 is 0 Å². The monoisotopic (exact) mass is 310 g/mol. The van der Waals surface area contributed by atoms with E-state index in [4.69, 9.17) is 0 Å². The fraction of sp³-hybridized carbons (Fsp3) is 0.583. The fourth-order valence-electron chi connectivity index (χ4n) is 2.51. The summed E-state index contributed by atoms with van der Waals surface area (Å²) < 4.78 is 23.5. The minimum absolute atomic E-state index is 0.119. The van der Waals surface area contributed by atoms with Crippen molar-refractivity contribution in [3.63, 3.8) is 0 Å². The summed E-state index contributed by atoms with van der Waals surface area (Å²) in [7, 11) is -2.96. The van der Waals surface area contributed by atoms with Crippen molar-refractivity contribution in [2.75, 3.05) is 28.7 Å². The molecule has 8 nitrogen and oxygen atoms in total. The van der Waals surface area contributed by atoms with Gasteiger partial charge in [-0.1, -0.05) is 0 Å². The Labute approximate surface area is 122 Å². The van der Waals surface area contributed by atoms with Gasteiger partial charge < -0.3 is 10.6 Å². The predicted octanol–water partition coefficient (Wildman–Crippen LogP) is 0.774. The highest BCUT2D eigenvalue weighted by molar-refractivity contribution is 7.91. The Bertz CT molecular complexity index is 741. The lowest BCUT2D eigenvalue weighted by molar-refractivity contribution is 0.561. The average Bonchev–Trinajstić information content (AvgIpc) is 2.86. The number of nitrogens with zero attached hydrogens (tertiary/aromatic N) is 3. The van der Waals surface area contributed by atoms with Crippen LogP contribution in [-0.2, 0) is 9.84 Å². The number of aromatic amines is 1. The first kappa shape index (κ1) is 14.1. The second-order valence-corrected chi connectivity index (χ2v) is 7.39. The lowest BCUT2D eigenvalue weighted by Gasteiger charge is -2.23. The number of rotatable bonds is 4. The van der Waals surface area contributed by atoms with Crippen LogP contribution >= 0.6 is 0 Å². The highest BCUT2D eigenvalue weighted by atomic mass is 32.2. The van der Waals surface area contributed by atoms with Gasteiger partial charge in [-0.15, -0.1) is 0 Å². The van der Waals surface area contributed by atoms with Crippen molar-refractivity contribution >= 4 is 32.6 Å². The van der Waals surface area contributed by atoms with E-state index in [1.54, 1.807) is 6.20 Å². The zero-order valence-corrected chi connectivity index (χ0v) is 12.6. The first-order valence-corrected chi connectivity index (χ1v) is 8.81. The normalized spacial score (nSPS) is 21.3. The Balaban J connectivity index is 1.90. The van der Waals surface area contributed by atoms with Gasteiger partial charge in [-0.05, 0) is 19.8 Å². The maximum absolute atomic E-state index is 11.7. The third kappa shape index (κ3) is 3.07. The van der Waals surface area contributed by atoms with Gasteiger partial charge in [0.2, 0.25) is 5.95 Å². The van der Waals surface area contributed by atoms with E-state index in [1.807, 2.05) is 6.92 Å². The number of fused-ring (bicyclic) bond motifs is 1. The highest BCUT2D eigenvalue weighted by Gasteiger charge is 2.25. The third-order valence-corrected chi connectivity index (χ3v) is 5.27. The molecule has 0 amide bonds. The number of H-pyrrole nitrogens is 1. The van der Waals surface area contributed by atoms with Crippen LogP contribution < -0.4 is 10.6 Å². The first-order valence-electron chi connectivity index (χ1n) is 6.99. The summed E-state index contributed by atoms with van der Waals surface area (Å²) in [6, 6.07) is -0.119. The van der Waals surface area contributed by atoms with Gasteiger partial charge in [-0.25, -0.2) is 8.42 Å². The van der Waals surface area contributed by atoms with E-state index in [-0.39, 0.29) is 17.5 Å². The topological polar surface area (TPSA) is 113 Å². The molecule has 2 aromatic rings. The van der Waals surface area contributed by atoms with E-state index in [1.165, 1.54) is 0 Å². The SMILES string of the molecule is CCNc1nc(NC2CCCS(=O)(=O)C2)c2cn[nH]c2n1. The predicted molar refractivity (Wildman–Crippen MR) is 81.1 cm³/mol. The molecule has 1 saturated heterocycles. The number of anilines is 2. The van der Waals surface area contributed by atoms with E-state index < -0.39 is 9.84 Å². The molecule has 1 aliphatic heterocycles. The zero-order chi connectivity index (χ0) is 14.9. The second kappa shape index (κ2) is 5.47. The van der Waals surface area contributed by atoms with Crippen molar-refractivity contribution in [3.05, 3.63) is 6.20 Å². The summed E-state index contributed by atoms with van der Waals surface area (Å²) in [4.78, 5) is 8.73. The molecule has 1 unspecified atom stereocenters. The molecule has 2 aromatic heterocycles. The van der Waals surface area contributed by atoms with Crippen molar-refractivity contribution < 1.29 is 8.42 Å². The van der Waals surface area contributed by atoms with Gasteiger partial charge in [0.1, 0.15) is 5.82 Å². The summed E-state index contributed by atoms with van der Waals surface area (Å²) in [6.07, 6.45) is 3.14. The van der Waals surface area contributed by atoms with Gasteiger partial charge in [-0.2, -0.15) is 15.1 Å². The minimum Gasteiger partial charge on any atom is -0.366 e.